The summed E-state index contributed by atoms with van der Waals surface area (Å²) in [6, 6.07) is 1.17. The van der Waals surface area contributed by atoms with Crippen LogP contribution in [0.15, 0.2) is 12.3 Å². The maximum Gasteiger partial charge on any atom is 0.410 e. The second-order valence-corrected chi connectivity index (χ2v) is 7.65. The molecule has 0 aliphatic carbocycles. The van der Waals surface area contributed by atoms with E-state index in [0.717, 1.165) is 0 Å². The van der Waals surface area contributed by atoms with Gasteiger partial charge in [0, 0.05) is 37.3 Å². The number of amides is 1. The molecule has 2 atom stereocenters. The van der Waals surface area contributed by atoms with Crippen LogP contribution in [-0.4, -0.2) is 47.7 Å². The van der Waals surface area contributed by atoms with Crippen molar-refractivity contribution in [3.63, 3.8) is 0 Å². The molecule has 2 N–H and O–H groups in total. The predicted octanol–water partition coefficient (Wildman–Crippen LogP) is 3.47. The number of nitrogens with zero attached hydrogens (tertiary/aromatic N) is 2. The number of pyridine rings is 1. The van der Waals surface area contributed by atoms with Crippen molar-refractivity contribution >= 4 is 6.09 Å². The molecule has 0 saturated carbocycles. The number of nitrogens with two attached hydrogens (primary N) is 1. The lowest BCUT2D eigenvalue weighted by molar-refractivity contribution is -0.0772. The van der Waals surface area contributed by atoms with E-state index in [-0.39, 0.29) is 13.1 Å². The molecule has 8 heteroatoms. The highest BCUT2D eigenvalue weighted by atomic mass is 19.3. The Balaban J connectivity index is 2.30. The van der Waals surface area contributed by atoms with Gasteiger partial charge in [0.15, 0.2) is 0 Å². The van der Waals surface area contributed by atoms with Gasteiger partial charge in [-0.2, -0.15) is 0 Å². The van der Waals surface area contributed by atoms with Gasteiger partial charge in [-0.05, 0) is 39.3 Å². The number of ether oxygens (including phenoxy) is 2. The lowest BCUT2D eigenvalue weighted by Crippen LogP contribution is -2.49. The molecule has 1 amide bonds. The first-order valence-electron chi connectivity index (χ1n) is 8.60. The molecule has 1 aliphatic heterocycles. The minimum Gasteiger partial charge on any atom is -0.481 e. The van der Waals surface area contributed by atoms with Crippen LogP contribution in [0.5, 0.6) is 5.88 Å². The molecule has 1 aliphatic rings. The Morgan fingerprint density at radius 2 is 2.12 bits per heavy atom. The van der Waals surface area contributed by atoms with Gasteiger partial charge in [-0.25, -0.2) is 18.6 Å². The molecule has 1 saturated heterocycles. The van der Waals surface area contributed by atoms with Crippen molar-refractivity contribution in [3.05, 3.63) is 23.4 Å². The summed E-state index contributed by atoms with van der Waals surface area (Å²) < 4.78 is 39.6. The van der Waals surface area contributed by atoms with Crippen molar-refractivity contribution in [2.45, 2.75) is 57.6 Å². The zero-order chi connectivity index (χ0) is 19.7. The number of likely N-dealkylation sites (tertiary alicyclic amines) is 1. The summed E-state index contributed by atoms with van der Waals surface area (Å²) in [5.74, 6) is -3.82. The van der Waals surface area contributed by atoms with E-state index in [1.165, 1.54) is 18.2 Å². The van der Waals surface area contributed by atoms with Crippen molar-refractivity contribution in [2.75, 3.05) is 20.2 Å². The van der Waals surface area contributed by atoms with Crippen molar-refractivity contribution in [2.24, 2.45) is 5.73 Å². The first kappa shape index (κ1) is 20.4. The maximum atomic E-state index is 14.6. The molecule has 2 heterocycles. The van der Waals surface area contributed by atoms with Gasteiger partial charge < -0.3 is 20.1 Å². The topological polar surface area (TPSA) is 77.7 Å². The van der Waals surface area contributed by atoms with Crippen molar-refractivity contribution in [1.29, 1.82) is 0 Å². The van der Waals surface area contributed by atoms with Crippen LogP contribution in [-0.2, 0) is 4.74 Å². The number of alkyl halides is 2. The third-order valence-corrected chi connectivity index (χ3v) is 4.27. The summed E-state index contributed by atoms with van der Waals surface area (Å²) in [4.78, 5) is 17.7. The molecular weight excluding hydrogens is 344 g/mol. The summed E-state index contributed by atoms with van der Waals surface area (Å²) in [6.45, 7) is 6.75. The molecule has 0 aromatic carbocycles. The van der Waals surface area contributed by atoms with E-state index in [1.54, 1.807) is 33.8 Å². The molecule has 1 fully saturated rings. The van der Waals surface area contributed by atoms with Crippen molar-refractivity contribution < 1.29 is 23.0 Å². The fraction of sp³-hybridized carbons (Fsp3) is 0.667. The molecule has 1 aromatic heterocycles. The Morgan fingerprint density at radius 3 is 2.65 bits per heavy atom. The molecule has 6 nitrogen and oxygen atoms in total. The average Bonchev–Trinajstić information content (AvgIpc) is 2.52. The predicted molar refractivity (Wildman–Crippen MR) is 93.5 cm³/mol. The van der Waals surface area contributed by atoms with Gasteiger partial charge in [-0.1, -0.05) is 0 Å². The third-order valence-electron chi connectivity index (χ3n) is 4.27. The maximum absolute atomic E-state index is 14.6. The van der Waals surface area contributed by atoms with Crippen molar-refractivity contribution in [1.82, 2.24) is 9.88 Å². The van der Waals surface area contributed by atoms with E-state index in [9.17, 15) is 13.6 Å². The number of carbonyl (C=O) groups is 1. The number of piperidine rings is 1. The van der Waals surface area contributed by atoms with Crippen LogP contribution >= 0.6 is 0 Å². The zero-order valence-corrected chi connectivity index (χ0v) is 15.9. The number of hydrogen-bond acceptors (Lipinski definition) is 5. The van der Waals surface area contributed by atoms with Gasteiger partial charge in [0.05, 0.1) is 13.0 Å². The van der Waals surface area contributed by atoms with Crippen LogP contribution in [0.2, 0.25) is 0 Å². The van der Waals surface area contributed by atoms with Gasteiger partial charge in [0.2, 0.25) is 5.88 Å². The van der Waals surface area contributed by atoms with Crippen molar-refractivity contribution in [3.8, 4) is 5.88 Å². The van der Waals surface area contributed by atoms with Gasteiger partial charge >= 0.3 is 6.09 Å². The number of methoxy groups -OCH3 is 1. The number of carbonyl (C=O) groups excluding carboxylic acids is 1. The van der Waals surface area contributed by atoms with Gasteiger partial charge in [0.1, 0.15) is 5.60 Å². The van der Waals surface area contributed by atoms with Crippen LogP contribution in [0.4, 0.5) is 13.6 Å². The second kappa shape index (κ2) is 7.34. The first-order valence-corrected chi connectivity index (χ1v) is 8.60. The Labute approximate surface area is 152 Å². The number of hydrogen-bond donors (Lipinski definition) is 1. The summed E-state index contributed by atoms with van der Waals surface area (Å²) in [6.07, 6.45) is 0.338. The standard InChI is InChI=1S/C18H27F2N3O3/c1-11(21)13-8-12(9-22-15(13)25-5)14-10-23(7-6-18(14,19)20)16(24)26-17(2,3)4/h8-9,11,14H,6-7,10,21H2,1-5H3. The molecule has 0 bridgehead atoms. The minimum absolute atomic E-state index is 0.0534. The highest BCUT2D eigenvalue weighted by Gasteiger charge is 2.47. The van der Waals surface area contributed by atoms with E-state index in [0.29, 0.717) is 17.0 Å². The molecule has 0 spiro atoms. The van der Waals surface area contributed by atoms with Crippen LogP contribution in [0.25, 0.3) is 0 Å². The Hall–Kier alpha value is -1.96. The second-order valence-electron chi connectivity index (χ2n) is 7.65. The average molecular weight is 371 g/mol. The molecule has 2 rings (SSSR count). The van der Waals surface area contributed by atoms with E-state index in [2.05, 4.69) is 4.98 Å². The lowest BCUT2D eigenvalue weighted by Gasteiger charge is -2.39. The normalized spacial score (nSPS) is 21.2. The van der Waals surface area contributed by atoms with E-state index in [1.807, 2.05) is 0 Å². The smallest absolute Gasteiger partial charge is 0.410 e. The molecule has 1 aromatic rings. The Morgan fingerprint density at radius 1 is 1.46 bits per heavy atom. The lowest BCUT2D eigenvalue weighted by atomic mass is 9.87. The Kier molecular flexibility index (Phi) is 5.75. The first-order chi connectivity index (χ1) is 11.9. The Bertz CT molecular complexity index is 660. The van der Waals surface area contributed by atoms with Gasteiger partial charge in [-0.3, -0.25) is 0 Å². The molecule has 0 radical (unpaired) electrons. The summed E-state index contributed by atoms with van der Waals surface area (Å²) in [5, 5.41) is 0. The van der Waals surface area contributed by atoms with E-state index in [4.69, 9.17) is 15.2 Å². The fourth-order valence-electron chi connectivity index (χ4n) is 2.92. The van der Waals surface area contributed by atoms with Crippen LogP contribution in [0, 0.1) is 0 Å². The number of halogens is 2. The summed E-state index contributed by atoms with van der Waals surface area (Å²) in [5.41, 5.74) is 6.11. The van der Waals surface area contributed by atoms with E-state index >= 15 is 0 Å². The molecule has 146 valence electrons. The summed E-state index contributed by atoms with van der Waals surface area (Å²) >= 11 is 0. The molecular formula is C18H27F2N3O3. The highest BCUT2D eigenvalue weighted by molar-refractivity contribution is 5.68. The molecule has 26 heavy (non-hydrogen) atoms. The number of rotatable bonds is 3. The summed E-state index contributed by atoms with van der Waals surface area (Å²) in [7, 11) is 1.45. The minimum atomic E-state index is -2.95. The van der Waals surface area contributed by atoms with Gasteiger partial charge in [0.25, 0.3) is 5.92 Å². The molecule has 2 unspecified atom stereocenters. The highest BCUT2D eigenvalue weighted by Crippen LogP contribution is 2.41. The zero-order valence-electron chi connectivity index (χ0n) is 15.9. The van der Waals surface area contributed by atoms with Gasteiger partial charge in [-0.15, -0.1) is 0 Å². The fourth-order valence-corrected chi connectivity index (χ4v) is 2.92. The van der Waals surface area contributed by atoms with Crippen LogP contribution in [0.3, 0.4) is 0 Å². The van der Waals surface area contributed by atoms with E-state index < -0.39 is 36.0 Å². The SMILES string of the molecule is COc1ncc(C2CN(C(=O)OC(C)(C)C)CCC2(F)F)cc1C(C)N. The quantitative estimate of drug-likeness (QED) is 0.880. The van der Waals surface area contributed by atoms with Crippen LogP contribution < -0.4 is 10.5 Å². The largest absolute Gasteiger partial charge is 0.481 e. The number of aromatic nitrogens is 1. The third kappa shape index (κ3) is 4.60. The van der Waals surface area contributed by atoms with Crippen LogP contribution in [0.1, 0.15) is 57.2 Å². The monoisotopic (exact) mass is 371 g/mol.